The second-order valence-electron chi connectivity index (χ2n) is 8.25. The van der Waals surface area contributed by atoms with Gasteiger partial charge in [0, 0.05) is 34.2 Å². The van der Waals surface area contributed by atoms with Crippen LogP contribution in [0, 0.1) is 0 Å². The number of nitrogens with one attached hydrogen (secondary N) is 1. The number of rotatable bonds is 3. The van der Waals surface area contributed by atoms with Gasteiger partial charge in [-0.1, -0.05) is 66.7 Å². The largest absolute Gasteiger partial charge is 0.354 e. The molecule has 2 heteroatoms. The van der Waals surface area contributed by atoms with Crippen LogP contribution in [0.15, 0.2) is 84.9 Å². The Kier molecular flexibility index (Phi) is 4.02. The van der Waals surface area contributed by atoms with Gasteiger partial charge in [-0.05, 0) is 31.6 Å². The van der Waals surface area contributed by atoms with E-state index < -0.39 is 0 Å². The van der Waals surface area contributed by atoms with E-state index in [1.54, 1.807) is 0 Å². The van der Waals surface area contributed by atoms with E-state index in [2.05, 4.69) is 121 Å². The van der Waals surface area contributed by atoms with Gasteiger partial charge in [0.05, 0.1) is 11.1 Å². The molecule has 1 aliphatic heterocycles. The lowest BCUT2D eigenvalue weighted by molar-refractivity contribution is -0.401. The Morgan fingerprint density at radius 2 is 1.48 bits per heavy atom. The predicted octanol–water partition coefficient (Wildman–Crippen LogP) is 6.55. The number of nitrogens with zero attached hydrogens (tertiary/aromatic N) is 1. The van der Waals surface area contributed by atoms with Crippen molar-refractivity contribution in [2.24, 2.45) is 0 Å². The minimum atomic E-state index is -0.0269. The van der Waals surface area contributed by atoms with E-state index in [0.29, 0.717) is 0 Å². The van der Waals surface area contributed by atoms with Gasteiger partial charge in [-0.15, -0.1) is 0 Å². The Balaban J connectivity index is 1.67. The highest BCUT2D eigenvalue weighted by molar-refractivity contribution is 6.07. The zero-order chi connectivity index (χ0) is 20.0. The molecule has 0 amide bonds. The first-order valence-corrected chi connectivity index (χ1v) is 10.1. The first-order valence-electron chi connectivity index (χ1n) is 10.1. The van der Waals surface area contributed by atoms with Crippen LogP contribution >= 0.6 is 0 Å². The number of para-hydroxylation sites is 2. The fourth-order valence-corrected chi connectivity index (χ4v) is 4.63. The van der Waals surface area contributed by atoms with Gasteiger partial charge < -0.3 is 4.98 Å². The Hall–Kier alpha value is -3.39. The van der Waals surface area contributed by atoms with Crippen molar-refractivity contribution in [2.75, 3.05) is 7.05 Å². The van der Waals surface area contributed by atoms with Gasteiger partial charge in [0.15, 0.2) is 5.71 Å². The van der Waals surface area contributed by atoms with Gasteiger partial charge in [0.2, 0.25) is 5.69 Å². The third kappa shape index (κ3) is 2.75. The lowest BCUT2D eigenvalue weighted by atomic mass is 9.81. The van der Waals surface area contributed by atoms with Crippen LogP contribution in [0.4, 0.5) is 5.69 Å². The van der Waals surface area contributed by atoms with E-state index in [9.17, 15) is 0 Å². The summed E-state index contributed by atoms with van der Waals surface area (Å²) >= 11 is 0. The molecule has 0 unspecified atom stereocenters. The monoisotopic (exact) mass is 377 g/mol. The zero-order valence-electron chi connectivity index (χ0n) is 17.1. The van der Waals surface area contributed by atoms with Crippen LogP contribution in [-0.2, 0) is 5.41 Å². The fourth-order valence-electron chi connectivity index (χ4n) is 4.63. The van der Waals surface area contributed by atoms with E-state index in [0.717, 1.165) is 0 Å². The molecule has 1 N–H and O–H groups in total. The van der Waals surface area contributed by atoms with Crippen LogP contribution in [0.3, 0.4) is 0 Å². The molecular formula is C27H25N2+. The molecule has 0 saturated carbocycles. The lowest BCUT2D eigenvalue weighted by Crippen LogP contribution is -2.26. The molecule has 5 rings (SSSR count). The SMILES string of the molecule is C[N+]1=C(/C=C/c2c(-c3ccccc3)[nH]c3ccccc23)C(C)(C)c2ccccc21. The van der Waals surface area contributed by atoms with Crippen LogP contribution in [0.5, 0.6) is 0 Å². The molecule has 1 aromatic heterocycles. The maximum atomic E-state index is 3.63. The Morgan fingerprint density at radius 3 is 2.28 bits per heavy atom. The van der Waals surface area contributed by atoms with Gasteiger partial charge >= 0.3 is 0 Å². The highest BCUT2D eigenvalue weighted by Crippen LogP contribution is 2.39. The molecule has 4 aromatic rings. The van der Waals surface area contributed by atoms with Crippen molar-refractivity contribution in [3.05, 3.63) is 96.1 Å². The fraction of sp³-hybridized carbons (Fsp3) is 0.148. The van der Waals surface area contributed by atoms with Crippen LogP contribution < -0.4 is 0 Å². The van der Waals surface area contributed by atoms with Crippen LogP contribution in [-0.4, -0.2) is 22.3 Å². The van der Waals surface area contributed by atoms with E-state index in [-0.39, 0.29) is 5.41 Å². The highest BCUT2D eigenvalue weighted by atomic mass is 15.0. The zero-order valence-corrected chi connectivity index (χ0v) is 17.1. The average molecular weight is 378 g/mol. The van der Waals surface area contributed by atoms with E-state index in [1.165, 1.54) is 44.7 Å². The van der Waals surface area contributed by atoms with Crippen molar-refractivity contribution in [2.45, 2.75) is 19.3 Å². The second kappa shape index (κ2) is 6.59. The molecule has 0 fully saturated rings. The molecule has 0 bridgehead atoms. The number of aromatic amines is 1. The van der Waals surface area contributed by atoms with E-state index in [1.807, 2.05) is 0 Å². The van der Waals surface area contributed by atoms with Gasteiger partial charge in [-0.2, -0.15) is 4.58 Å². The normalized spacial score (nSPS) is 15.4. The quantitative estimate of drug-likeness (QED) is 0.390. The third-order valence-electron chi connectivity index (χ3n) is 6.16. The molecule has 0 spiro atoms. The topological polar surface area (TPSA) is 18.8 Å². The number of benzene rings is 3. The Bertz CT molecular complexity index is 1270. The predicted molar refractivity (Wildman–Crippen MR) is 123 cm³/mol. The lowest BCUT2D eigenvalue weighted by Gasteiger charge is -2.15. The summed E-state index contributed by atoms with van der Waals surface area (Å²) in [7, 11) is 2.17. The van der Waals surface area contributed by atoms with Crippen molar-refractivity contribution in [1.29, 1.82) is 0 Å². The van der Waals surface area contributed by atoms with Gasteiger partial charge in [0.1, 0.15) is 7.05 Å². The maximum absolute atomic E-state index is 3.63. The summed E-state index contributed by atoms with van der Waals surface area (Å²) in [5.74, 6) is 0. The number of fused-ring (bicyclic) bond motifs is 2. The Labute approximate surface area is 171 Å². The molecule has 3 aromatic carbocycles. The Morgan fingerprint density at radius 1 is 0.793 bits per heavy atom. The minimum Gasteiger partial charge on any atom is -0.354 e. The van der Waals surface area contributed by atoms with Gasteiger partial charge in [-0.25, -0.2) is 0 Å². The standard InChI is InChI=1S/C27H24N2/c1-27(2)22-14-8-10-16-24(22)29(3)25(27)18-17-21-20-13-7-9-15-23(20)28-26(21)19-11-5-4-6-12-19/h4-18H,1-3H3/p+1. The van der Waals surface area contributed by atoms with E-state index >= 15 is 0 Å². The summed E-state index contributed by atoms with van der Waals surface area (Å²) < 4.78 is 2.32. The second-order valence-corrected chi connectivity index (χ2v) is 8.25. The summed E-state index contributed by atoms with van der Waals surface area (Å²) in [6.07, 6.45) is 4.57. The molecule has 1 aliphatic rings. The summed E-state index contributed by atoms with van der Waals surface area (Å²) in [6, 6.07) is 27.8. The van der Waals surface area contributed by atoms with Crippen molar-refractivity contribution < 1.29 is 4.58 Å². The maximum Gasteiger partial charge on any atom is 0.209 e. The number of allylic oxidation sites excluding steroid dienone is 1. The molecule has 0 radical (unpaired) electrons. The van der Waals surface area contributed by atoms with Crippen LogP contribution in [0.2, 0.25) is 0 Å². The summed E-state index contributed by atoms with van der Waals surface area (Å²) in [6.45, 7) is 4.62. The molecule has 29 heavy (non-hydrogen) atoms. The number of hydrogen-bond acceptors (Lipinski definition) is 0. The van der Waals surface area contributed by atoms with Crippen molar-refractivity contribution in [3.63, 3.8) is 0 Å². The molecule has 0 atom stereocenters. The van der Waals surface area contributed by atoms with Crippen molar-refractivity contribution in [1.82, 2.24) is 4.98 Å². The smallest absolute Gasteiger partial charge is 0.209 e. The minimum absolute atomic E-state index is 0.0269. The number of H-pyrrole nitrogens is 1. The van der Waals surface area contributed by atoms with Crippen molar-refractivity contribution >= 4 is 28.4 Å². The third-order valence-corrected chi connectivity index (χ3v) is 6.16. The molecule has 2 nitrogen and oxygen atoms in total. The summed E-state index contributed by atoms with van der Waals surface area (Å²) in [4.78, 5) is 3.63. The first kappa shape index (κ1) is 17.7. The van der Waals surface area contributed by atoms with Gasteiger partial charge in [0.25, 0.3) is 0 Å². The van der Waals surface area contributed by atoms with Crippen LogP contribution in [0.25, 0.3) is 28.2 Å². The highest BCUT2D eigenvalue weighted by Gasteiger charge is 2.42. The first-order chi connectivity index (χ1) is 14.1. The van der Waals surface area contributed by atoms with Gasteiger partial charge in [-0.3, -0.25) is 0 Å². The molecule has 142 valence electrons. The van der Waals surface area contributed by atoms with Crippen LogP contribution in [0.1, 0.15) is 25.0 Å². The molecule has 0 saturated heterocycles. The number of aromatic nitrogens is 1. The summed E-state index contributed by atoms with van der Waals surface area (Å²) in [5, 5.41) is 1.25. The van der Waals surface area contributed by atoms with E-state index in [4.69, 9.17) is 0 Å². The molecule has 0 aliphatic carbocycles. The number of hydrogen-bond donors (Lipinski definition) is 1. The molecule has 2 heterocycles. The summed E-state index contributed by atoms with van der Waals surface area (Å²) in [5.41, 5.74) is 8.72. The van der Waals surface area contributed by atoms with Crippen molar-refractivity contribution in [3.8, 4) is 11.3 Å². The average Bonchev–Trinajstić information content (AvgIpc) is 3.21. The molecular weight excluding hydrogens is 352 g/mol.